The van der Waals surface area contributed by atoms with Gasteiger partial charge in [-0.05, 0) is 28.7 Å². The molecule has 3 nitrogen and oxygen atoms in total. The van der Waals surface area contributed by atoms with Crippen LogP contribution in [-0.4, -0.2) is 19.2 Å². The van der Waals surface area contributed by atoms with Crippen LogP contribution in [0.1, 0.15) is 11.9 Å². The van der Waals surface area contributed by atoms with E-state index in [1.165, 1.54) is 20.4 Å². The number of pyridine rings is 1. The molecule has 0 amide bonds. The summed E-state index contributed by atoms with van der Waals surface area (Å²) < 4.78 is 23.8. The zero-order valence-corrected chi connectivity index (χ0v) is 9.41. The summed E-state index contributed by atoms with van der Waals surface area (Å²) in [5.41, 5.74) is 0.341. The van der Waals surface area contributed by atoms with Gasteiger partial charge in [-0.15, -0.1) is 0 Å². The number of ether oxygens (including phenoxy) is 2. The molecule has 0 aromatic carbocycles. The first-order valence-corrected chi connectivity index (χ1v) is 4.64. The van der Waals surface area contributed by atoms with Gasteiger partial charge in [-0.3, -0.25) is 0 Å². The van der Waals surface area contributed by atoms with Crippen molar-refractivity contribution >= 4 is 22.6 Å². The summed E-state index contributed by atoms with van der Waals surface area (Å²) in [6.45, 7) is 0. The Bertz CT molecular complexity index is 271. The summed E-state index contributed by atoms with van der Waals surface area (Å²) in [5, 5.41) is 0. The molecule has 0 aliphatic heterocycles. The van der Waals surface area contributed by atoms with Gasteiger partial charge in [0.2, 0.25) is 5.95 Å². The van der Waals surface area contributed by atoms with Gasteiger partial charge in [0.25, 0.3) is 0 Å². The smallest absolute Gasteiger partial charge is 0.222 e. The lowest BCUT2D eigenvalue weighted by Crippen LogP contribution is -2.09. The molecule has 0 aliphatic rings. The van der Waals surface area contributed by atoms with Crippen molar-refractivity contribution in [2.45, 2.75) is 6.29 Å². The summed E-state index contributed by atoms with van der Waals surface area (Å²) in [4.78, 5) is 3.53. The van der Waals surface area contributed by atoms with Crippen molar-refractivity contribution in [2.24, 2.45) is 0 Å². The van der Waals surface area contributed by atoms with E-state index in [4.69, 9.17) is 9.47 Å². The SMILES string of the molecule is COC(OC)c1c(I)ccnc1F. The number of hydrogen-bond donors (Lipinski definition) is 0. The second kappa shape index (κ2) is 4.83. The van der Waals surface area contributed by atoms with E-state index < -0.39 is 12.2 Å². The molecule has 1 heterocycles. The molecule has 0 unspecified atom stereocenters. The van der Waals surface area contributed by atoms with Crippen LogP contribution in [0.25, 0.3) is 0 Å². The molecule has 1 aromatic heterocycles. The fourth-order valence-corrected chi connectivity index (χ4v) is 1.61. The summed E-state index contributed by atoms with van der Waals surface area (Å²) in [6, 6.07) is 1.70. The van der Waals surface area contributed by atoms with E-state index in [2.05, 4.69) is 4.98 Å². The number of rotatable bonds is 3. The predicted octanol–water partition coefficient (Wildman–Crippen LogP) is 2.12. The second-order valence-corrected chi connectivity index (χ2v) is 3.46. The Balaban J connectivity index is 3.10. The highest BCUT2D eigenvalue weighted by Crippen LogP contribution is 2.24. The number of nitrogens with zero attached hydrogens (tertiary/aromatic N) is 1. The van der Waals surface area contributed by atoms with Crippen molar-refractivity contribution in [3.8, 4) is 0 Å². The van der Waals surface area contributed by atoms with E-state index >= 15 is 0 Å². The lowest BCUT2D eigenvalue weighted by Gasteiger charge is -2.14. The standard InChI is InChI=1S/C8H9FINO2/c1-12-8(13-2)6-5(10)3-4-11-7(6)9/h3-4,8H,1-2H3. The molecule has 0 spiro atoms. The van der Waals surface area contributed by atoms with Crippen LogP contribution >= 0.6 is 22.6 Å². The zero-order chi connectivity index (χ0) is 9.84. The zero-order valence-electron chi connectivity index (χ0n) is 7.25. The van der Waals surface area contributed by atoms with Crippen molar-refractivity contribution in [2.75, 3.05) is 14.2 Å². The Hall–Kier alpha value is -0.270. The average molecular weight is 297 g/mol. The molecule has 0 radical (unpaired) electrons. The van der Waals surface area contributed by atoms with Crippen LogP contribution in [-0.2, 0) is 9.47 Å². The van der Waals surface area contributed by atoms with Gasteiger partial charge in [0, 0.05) is 24.0 Å². The highest BCUT2D eigenvalue weighted by atomic mass is 127. The molecule has 0 N–H and O–H groups in total. The van der Waals surface area contributed by atoms with E-state index in [9.17, 15) is 4.39 Å². The van der Waals surface area contributed by atoms with Crippen molar-refractivity contribution in [3.05, 3.63) is 27.3 Å². The predicted molar refractivity (Wildman–Crippen MR) is 53.7 cm³/mol. The third-order valence-corrected chi connectivity index (χ3v) is 2.49. The van der Waals surface area contributed by atoms with Gasteiger partial charge in [-0.2, -0.15) is 4.39 Å². The van der Waals surface area contributed by atoms with Gasteiger partial charge in [0.15, 0.2) is 6.29 Å². The Kier molecular flexibility index (Phi) is 4.01. The first kappa shape index (κ1) is 10.8. The van der Waals surface area contributed by atoms with Crippen LogP contribution < -0.4 is 0 Å². The Morgan fingerprint density at radius 2 is 2.08 bits per heavy atom. The summed E-state index contributed by atoms with van der Waals surface area (Å²) >= 11 is 2.01. The van der Waals surface area contributed by atoms with E-state index in [1.54, 1.807) is 6.07 Å². The summed E-state index contributed by atoms with van der Waals surface area (Å²) in [5.74, 6) is -0.555. The summed E-state index contributed by atoms with van der Waals surface area (Å²) in [6.07, 6.45) is 0.712. The minimum atomic E-state index is -0.694. The molecule has 72 valence electrons. The van der Waals surface area contributed by atoms with Crippen LogP contribution in [0, 0.1) is 9.52 Å². The molecule has 0 aliphatic carbocycles. The molecule has 5 heteroatoms. The van der Waals surface area contributed by atoms with Crippen LogP contribution in [0.4, 0.5) is 4.39 Å². The number of methoxy groups -OCH3 is 2. The monoisotopic (exact) mass is 297 g/mol. The Morgan fingerprint density at radius 1 is 1.46 bits per heavy atom. The van der Waals surface area contributed by atoms with Gasteiger partial charge in [0.1, 0.15) is 0 Å². The lowest BCUT2D eigenvalue weighted by atomic mass is 10.3. The van der Waals surface area contributed by atoms with Gasteiger partial charge in [0.05, 0.1) is 5.56 Å². The van der Waals surface area contributed by atoms with E-state index in [1.807, 2.05) is 22.6 Å². The fourth-order valence-electron chi connectivity index (χ4n) is 0.968. The first-order chi connectivity index (χ1) is 6.20. The lowest BCUT2D eigenvalue weighted by molar-refractivity contribution is -0.108. The Morgan fingerprint density at radius 3 is 2.54 bits per heavy atom. The minimum Gasteiger partial charge on any atom is -0.351 e. The molecular weight excluding hydrogens is 288 g/mol. The van der Waals surface area contributed by atoms with Gasteiger partial charge in [-0.25, -0.2) is 4.98 Å². The maximum Gasteiger partial charge on any atom is 0.222 e. The van der Waals surface area contributed by atoms with Crippen LogP contribution in [0.15, 0.2) is 12.3 Å². The maximum absolute atomic E-state index is 13.2. The molecule has 0 saturated heterocycles. The second-order valence-electron chi connectivity index (χ2n) is 2.30. The normalized spacial score (nSPS) is 10.8. The maximum atomic E-state index is 13.2. The highest BCUT2D eigenvalue weighted by molar-refractivity contribution is 14.1. The molecule has 0 atom stereocenters. The molecule has 13 heavy (non-hydrogen) atoms. The quantitative estimate of drug-likeness (QED) is 0.486. The minimum absolute atomic E-state index is 0.341. The fraction of sp³-hybridized carbons (Fsp3) is 0.375. The first-order valence-electron chi connectivity index (χ1n) is 3.56. The van der Waals surface area contributed by atoms with Gasteiger partial charge < -0.3 is 9.47 Å². The molecular formula is C8H9FINO2. The van der Waals surface area contributed by atoms with Crippen LogP contribution in [0.5, 0.6) is 0 Å². The van der Waals surface area contributed by atoms with Crippen molar-refractivity contribution in [1.29, 1.82) is 0 Å². The average Bonchev–Trinajstić information content (AvgIpc) is 2.11. The van der Waals surface area contributed by atoms with E-state index in [0.29, 0.717) is 5.56 Å². The Labute approximate surface area is 89.4 Å². The van der Waals surface area contributed by atoms with E-state index in [-0.39, 0.29) is 0 Å². The number of hydrogen-bond acceptors (Lipinski definition) is 3. The van der Waals surface area contributed by atoms with Crippen LogP contribution in [0.2, 0.25) is 0 Å². The molecule has 0 saturated carbocycles. The van der Waals surface area contributed by atoms with E-state index in [0.717, 1.165) is 3.57 Å². The topological polar surface area (TPSA) is 31.4 Å². The van der Waals surface area contributed by atoms with Crippen molar-refractivity contribution in [3.63, 3.8) is 0 Å². The highest BCUT2D eigenvalue weighted by Gasteiger charge is 2.18. The molecule has 0 fully saturated rings. The largest absolute Gasteiger partial charge is 0.351 e. The molecule has 1 rings (SSSR count). The third kappa shape index (κ3) is 2.35. The molecule has 1 aromatic rings. The third-order valence-electron chi connectivity index (χ3n) is 1.55. The van der Waals surface area contributed by atoms with Crippen molar-refractivity contribution < 1.29 is 13.9 Å². The molecule has 0 bridgehead atoms. The van der Waals surface area contributed by atoms with Crippen LogP contribution in [0.3, 0.4) is 0 Å². The number of aromatic nitrogens is 1. The number of halogens is 2. The summed E-state index contributed by atoms with van der Waals surface area (Å²) in [7, 11) is 2.91. The van der Waals surface area contributed by atoms with Gasteiger partial charge >= 0.3 is 0 Å². The van der Waals surface area contributed by atoms with Crippen molar-refractivity contribution in [1.82, 2.24) is 4.98 Å². The van der Waals surface area contributed by atoms with Gasteiger partial charge in [-0.1, -0.05) is 0 Å².